The van der Waals surface area contributed by atoms with Crippen LogP contribution in [-0.4, -0.2) is 43.1 Å². The van der Waals surface area contributed by atoms with E-state index in [1.807, 2.05) is 36.4 Å². The molecule has 3 aromatic rings. The van der Waals surface area contributed by atoms with E-state index in [9.17, 15) is 8.42 Å². The van der Waals surface area contributed by atoms with Crippen LogP contribution in [0.4, 0.5) is 0 Å². The number of aromatic nitrogens is 2. The van der Waals surface area contributed by atoms with Gasteiger partial charge in [0.2, 0.25) is 10.0 Å². The van der Waals surface area contributed by atoms with Crippen LogP contribution >= 0.6 is 11.3 Å². The highest BCUT2D eigenvalue weighted by molar-refractivity contribution is 7.89. The number of hydrogen-bond acceptors (Lipinski definition) is 6. The molecule has 1 saturated heterocycles. The second-order valence-electron chi connectivity index (χ2n) is 7.37. The van der Waals surface area contributed by atoms with Gasteiger partial charge >= 0.3 is 0 Å². The first-order valence-corrected chi connectivity index (χ1v) is 12.3. The molecule has 0 radical (unpaired) electrons. The highest BCUT2D eigenvalue weighted by Gasteiger charge is 2.32. The molecule has 1 atom stereocenters. The minimum atomic E-state index is -3.51. The van der Waals surface area contributed by atoms with Gasteiger partial charge in [-0.15, -0.1) is 10.2 Å². The van der Waals surface area contributed by atoms with Gasteiger partial charge in [-0.1, -0.05) is 30.4 Å². The molecule has 0 spiro atoms. The van der Waals surface area contributed by atoms with E-state index in [-0.39, 0.29) is 5.92 Å². The summed E-state index contributed by atoms with van der Waals surface area (Å²) in [5, 5.41) is 10.5. The average Bonchev–Trinajstić information content (AvgIpc) is 3.29. The van der Waals surface area contributed by atoms with Crippen LogP contribution in [0.5, 0.6) is 5.75 Å². The van der Waals surface area contributed by atoms with Crippen LogP contribution < -0.4 is 4.74 Å². The summed E-state index contributed by atoms with van der Waals surface area (Å²) in [5.74, 6) is 0.858. The van der Waals surface area contributed by atoms with Crippen molar-refractivity contribution in [3.63, 3.8) is 0 Å². The molecule has 0 aliphatic carbocycles. The van der Waals surface area contributed by atoms with Crippen molar-refractivity contribution in [3.05, 3.63) is 59.1 Å². The molecule has 0 N–H and O–H groups in total. The Balaban J connectivity index is 1.51. The maximum Gasteiger partial charge on any atom is 0.243 e. The number of rotatable bonds is 6. The van der Waals surface area contributed by atoms with Crippen molar-refractivity contribution < 1.29 is 13.2 Å². The molecule has 8 heteroatoms. The number of methoxy groups -OCH3 is 1. The van der Waals surface area contributed by atoms with Crippen LogP contribution in [0.1, 0.15) is 36.3 Å². The molecule has 0 amide bonds. The highest BCUT2D eigenvalue weighted by atomic mass is 32.2. The van der Waals surface area contributed by atoms with E-state index in [0.717, 1.165) is 46.2 Å². The molecule has 6 nitrogen and oxygen atoms in total. The van der Waals surface area contributed by atoms with Crippen molar-refractivity contribution in [2.24, 2.45) is 0 Å². The maximum atomic E-state index is 13.1. The monoisotopic (exact) mass is 443 g/mol. The van der Waals surface area contributed by atoms with E-state index in [1.54, 1.807) is 23.5 Å². The summed E-state index contributed by atoms with van der Waals surface area (Å²) < 4.78 is 33.1. The minimum absolute atomic E-state index is 0.0629. The van der Waals surface area contributed by atoms with Gasteiger partial charge < -0.3 is 4.74 Å². The standard InChI is InChI=1S/C22H25N3O3S2/c1-3-16-6-12-20(13-7-16)30(26,27)25-14-4-5-18(15-25)22-24-23-21(29-22)17-8-10-19(28-2)11-9-17/h6-13,18H,3-5,14-15H2,1-2H3. The number of piperidine rings is 1. The summed E-state index contributed by atoms with van der Waals surface area (Å²) in [7, 11) is -1.87. The number of aryl methyl sites for hydroxylation is 1. The molecule has 1 aliphatic rings. The number of nitrogens with zero attached hydrogens (tertiary/aromatic N) is 3. The first-order chi connectivity index (χ1) is 14.5. The molecule has 1 unspecified atom stereocenters. The first kappa shape index (κ1) is 21.0. The quantitative estimate of drug-likeness (QED) is 0.567. The number of sulfonamides is 1. The van der Waals surface area contributed by atoms with Crippen LogP contribution in [0.15, 0.2) is 53.4 Å². The fourth-order valence-electron chi connectivity index (χ4n) is 3.66. The molecule has 0 saturated carbocycles. The van der Waals surface area contributed by atoms with Gasteiger partial charge in [0.05, 0.1) is 12.0 Å². The normalized spacial score (nSPS) is 17.7. The summed E-state index contributed by atoms with van der Waals surface area (Å²) in [6.45, 7) is 3.04. The lowest BCUT2D eigenvalue weighted by molar-refractivity contribution is 0.314. The smallest absolute Gasteiger partial charge is 0.243 e. The summed E-state index contributed by atoms with van der Waals surface area (Å²) >= 11 is 1.53. The Morgan fingerprint density at radius 2 is 1.83 bits per heavy atom. The van der Waals surface area contributed by atoms with Crippen molar-refractivity contribution >= 4 is 21.4 Å². The molecular weight excluding hydrogens is 418 g/mol. The van der Waals surface area contributed by atoms with Gasteiger partial charge in [0.15, 0.2) is 0 Å². The second-order valence-corrected chi connectivity index (χ2v) is 10.3. The molecule has 30 heavy (non-hydrogen) atoms. The number of ether oxygens (including phenoxy) is 1. The lowest BCUT2D eigenvalue weighted by Crippen LogP contribution is -2.39. The van der Waals surface area contributed by atoms with Gasteiger partial charge in [0.25, 0.3) is 0 Å². The van der Waals surface area contributed by atoms with Crippen molar-refractivity contribution in [1.82, 2.24) is 14.5 Å². The third-order valence-electron chi connectivity index (χ3n) is 5.48. The van der Waals surface area contributed by atoms with Crippen molar-refractivity contribution in [1.29, 1.82) is 0 Å². The molecular formula is C22H25N3O3S2. The zero-order chi connectivity index (χ0) is 21.1. The van der Waals surface area contributed by atoms with E-state index >= 15 is 0 Å². The first-order valence-electron chi connectivity index (χ1n) is 10.1. The van der Waals surface area contributed by atoms with Gasteiger partial charge in [0.1, 0.15) is 15.8 Å². The average molecular weight is 444 g/mol. The van der Waals surface area contributed by atoms with Crippen LogP contribution in [0.25, 0.3) is 10.6 Å². The third-order valence-corrected chi connectivity index (χ3v) is 8.49. The SMILES string of the molecule is CCc1ccc(S(=O)(=O)N2CCCC(c3nnc(-c4ccc(OC)cc4)s3)C2)cc1. The number of hydrogen-bond donors (Lipinski definition) is 0. The van der Waals surface area contributed by atoms with Crippen LogP contribution in [0.3, 0.4) is 0 Å². The Morgan fingerprint density at radius 3 is 2.50 bits per heavy atom. The highest BCUT2D eigenvalue weighted by Crippen LogP contribution is 2.34. The Kier molecular flexibility index (Phi) is 6.17. The van der Waals surface area contributed by atoms with E-state index < -0.39 is 10.0 Å². The van der Waals surface area contributed by atoms with E-state index in [2.05, 4.69) is 17.1 Å². The van der Waals surface area contributed by atoms with Gasteiger partial charge in [0, 0.05) is 24.6 Å². The second kappa shape index (κ2) is 8.83. The van der Waals surface area contributed by atoms with Gasteiger partial charge in [-0.05, 0) is 61.2 Å². The van der Waals surface area contributed by atoms with Crippen LogP contribution in [0, 0.1) is 0 Å². The van der Waals surface area contributed by atoms with Gasteiger partial charge in [-0.3, -0.25) is 0 Å². The lowest BCUT2D eigenvalue weighted by Gasteiger charge is -2.30. The minimum Gasteiger partial charge on any atom is -0.497 e. The van der Waals surface area contributed by atoms with Crippen LogP contribution in [0.2, 0.25) is 0 Å². The van der Waals surface area contributed by atoms with E-state index in [4.69, 9.17) is 4.74 Å². The number of benzene rings is 2. The molecule has 2 heterocycles. The summed E-state index contributed by atoms with van der Waals surface area (Å²) in [5.41, 5.74) is 2.11. The fraction of sp³-hybridized carbons (Fsp3) is 0.364. The molecule has 1 aromatic heterocycles. The Morgan fingerprint density at radius 1 is 1.10 bits per heavy atom. The van der Waals surface area contributed by atoms with Crippen molar-refractivity contribution in [2.45, 2.75) is 37.0 Å². The molecule has 158 valence electrons. The molecule has 4 rings (SSSR count). The third kappa shape index (κ3) is 4.26. The zero-order valence-corrected chi connectivity index (χ0v) is 18.7. The molecule has 2 aromatic carbocycles. The predicted molar refractivity (Wildman–Crippen MR) is 118 cm³/mol. The van der Waals surface area contributed by atoms with E-state index in [1.165, 1.54) is 11.3 Å². The molecule has 1 fully saturated rings. The summed E-state index contributed by atoms with van der Waals surface area (Å²) in [6, 6.07) is 14.9. The summed E-state index contributed by atoms with van der Waals surface area (Å²) in [4.78, 5) is 0.358. The maximum absolute atomic E-state index is 13.1. The summed E-state index contributed by atoms with van der Waals surface area (Å²) in [6.07, 6.45) is 2.62. The lowest BCUT2D eigenvalue weighted by atomic mass is 10.0. The molecule has 0 bridgehead atoms. The van der Waals surface area contributed by atoms with Crippen LogP contribution in [-0.2, 0) is 16.4 Å². The predicted octanol–water partition coefficient (Wildman–Crippen LogP) is 4.34. The van der Waals surface area contributed by atoms with Crippen molar-refractivity contribution in [3.8, 4) is 16.3 Å². The Hall–Kier alpha value is -2.29. The zero-order valence-electron chi connectivity index (χ0n) is 17.1. The van der Waals surface area contributed by atoms with Gasteiger partial charge in [-0.25, -0.2) is 8.42 Å². The Labute approximate surface area is 181 Å². The Bertz CT molecular complexity index is 1090. The topological polar surface area (TPSA) is 72.4 Å². The van der Waals surface area contributed by atoms with Gasteiger partial charge in [-0.2, -0.15) is 4.31 Å². The van der Waals surface area contributed by atoms with E-state index in [0.29, 0.717) is 18.0 Å². The molecule has 1 aliphatic heterocycles. The largest absolute Gasteiger partial charge is 0.497 e. The van der Waals surface area contributed by atoms with Crippen molar-refractivity contribution in [2.75, 3.05) is 20.2 Å². The fourth-order valence-corrected chi connectivity index (χ4v) is 6.16.